The highest BCUT2D eigenvalue weighted by atomic mass is 16.7. The van der Waals surface area contributed by atoms with Crippen molar-refractivity contribution in [3.05, 3.63) is 85.1 Å². The summed E-state index contributed by atoms with van der Waals surface area (Å²) in [5.74, 6) is -1.22. The topological polar surface area (TPSA) is 175 Å². The van der Waals surface area contributed by atoms with Crippen molar-refractivity contribution in [2.45, 2.75) is 301 Å². The molecule has 1 fully saturated rings. The molecule has 0 bridgehead atoms. The number of hydrogen-bond donors (Lipinski definition) is 6. The number of esters is 1. The Hall–Kier alpha value is -3.16. The molecule has 0 saturated carbocycles. The van der Waals surface area contributed by atoms with Crippen molar-refractivity contribution in [2.75, 3.05) is 13.2 Å². The molecule has 11 heteroatoms. The van der Waals surface area contributed by atoms with Gasteiger partial charge in [-0.1, -0.05) is 234 Å². The summed E-state index contributed by atoms with van der Waals surface area (Å²) in [6.07, 6.45) is 57.6. The van der Waals surface area contributed by atoms with Crippen LogP contribution in [-0.4, -0.2) is 99.6 Å². The van der Waals surface area contributed by atoms with E-state index in [1.54, 1.807) is 6.08 Å². The molecule has 76 heavy (non-hydrogen) atoms. The third-order valence-corrected chi connectivity index (χ3v) is 14.0. The number of unbranched alkanes of at least 4 members (excludes halogenated alkanes) is 25. The van der Waals surface area contributed by atoms with E-state index in [1.165, 1.54) is 89.9 Å². The Morgan fingerprint density at radius 2 is 0.947 bits per heavy atom. The second kappa shape index (κ2) is 52.5. The number of aliphatic hydroxyl groups is 5. The van der Waals surface area contributed by atoms with Crippen molar-refractivity contribution in [1.29, 1.82) is 0 Å². The summed E-state index contributed by atoms with van der Waals surface area (Å²) in [5, 5.41) is 57.0. The maximum Gasteiger partial charge on any atom is 0.306 e. The van der Waals surface area contributed by atoms with Crippen molar-refractivity contribution in [2.24, 2.45) is 0 Å². The predicted molar refractivity (Wildman–Crippen MR) is 315 cm³/mol. The average Bonchev–Trinajstić information content (AvgIpc) is 3.42. The van der Waals surface area contributed by atoms with Crippen LogP contribution >= 0.6 is 0 Å². The molecular formula is C65H113NO10. The number of allylic oxidation sites excluding steroid dienone is 13. The lowest BCUT2D eigenvalue weighted by molar-refractivity contribution is -0.305. The lowest BCUT2D eigenvalue weighted by Gasteiger charge is -2.41. The van der Waals surface area contributed by atoms with E-state index in [1.807, 2.05) is 6.08 Å². The largest absolute Gasteiger partial charge is 0.454 e. The summed E-state index contributed by atoms with van der Waals surface area (Å²) in [4.78, 5) is 26.5. The first-order valence-corrected chi connectivity index (χ1v) is 30.9. The van der Waals surface area contributed by atoms with Gasteiger partial charge in [-0.25, -0.2) is 0 Å². The van der Waals surface area contributed by atoms with Gasteiger partial charge in [-0.05, 0) is 96.3 Å². The van der Waals surface area contributed by atoms with Crippen molar-refractivity contribution >= 4 is 11.9 Å². The number of aliphatic hydroxyl groups excluding tert-OH is 5. The Bertz CT molecular complexity index is 1560. The molecule has 8 unspecified atom stereocenters. The lowest BCUT2D eigenvalue weighted by Crippen LogP contribution is -2.61. The Balaban J connectivity index is 2.72. The van der Waals surface area contributed by atoms with Crippen LogP contribution < -0.4 is 5.32 Å². The van der Waals surface area contributed by atoms with Gasteiger partial charge in [0.1, 0.15) is 24.4 Å². The zero-order chi connectivity index (χ0) is 55.4. The normalized spacial score (nSPS) is 19.7. The predicted octanol–water partition coefficient (Wildman–Crippen LogP) is 14.6. The van der Waals surface area contributed by atoms with E-state index in [2.05, 4.69) is 99.0 Å². The summed E-state index contributed by atoms with van der Waals surface area (Å²) < 4.78 is 17.6. The molecule has 0 aromatic carbocycles. The van der Waals surface area contributed by atoms with E-state index in [4.69, 9.17) is 14.2 Å². The first-order valence-electron chi connectivity index (χ1n) is 30.9. The molecule has 438 valence electrons. The molecule has 11 nitrogen and oxygen atoms in total. The molecular weight excluding hydrogens is 955 g/mol. The van der Waals surface area contributed by atoms with Crippen molar-refractivity contribution in [3.8, 4) is 0 Å². The smallest absolute Gasteiger partial charge is 0.306 e. The summed E-state index contributed by atoms with van der Waals surface area (Å²) in [6, 6.07) is -1.04. The van der Waals surface area contributed by atoms with E-state index < -0.39 is 67.4 Å². The van der Waals surface area contributed by atoms with Crippen LogP contribution in [0.25, 0.3) is 0 Å². The Morgan fingerprint density at radius 1 is 0.526 bits per heavy atom. The van der Waals surface area contributed by atoms with Gasteiger partial charge in [0.2, 0.25) is 5.91 Å². The number of ether oxygens (including phenoxy) is 3. The van der Waals surface area contributed by atoms with Crippen molar-refractivity contribution < 1.29 is 49.3 Å². The average molecular weight is 1070 g/mol. The van der Waals surface area contributed by atoms with Crippen LogP contribution in [0.3, 0.4) is 0 Å². The minimum absolute atomic E-state index is 0.108. The Kier molecular flexibility index (Phi) is 49.0. The van der Waals surface area contributed by atoms with E-state index in [0.717, 1.165) is 116 Å². The Morgan fingerprint density at radius 3 is 1.45 bits per heavy atom. The number of carbonyl (C=O) groups is 2. The van der Waals surface area contributed by atoms with Gasteiger partial charge in [0.25, 0.3) is 0 Å². The summed E-state index contributed by atoms with van der Waals surface area (Å²) in [6.45, 7) is 5.63. The molecule has 0 aromatic rings. The van der Waals surface area contributed by atoms with Crippen LogP contribution in [-0.2, 0) is 23.8 Å². The monoisotopic (exact) mass is 1070 g/mol. The number of nitrogens with one attached hydrogen (secondary N) is 1. The molecule has 0 radical (unpaired) electrons. The van der Waals surface area contributed by atoms with Crippen LogP contribution in [0.15, 0.2) is 85.1 Å². The molecule has 1 aliphatic heterocycles. The van der Waals surface area contributed by atoms with E-state index in [-0.39, 0.29) is 19.4 Å². The summed E-state index contributed by atoms with van der Waals surface area (Å²) in [7, 11) is 0. The maximum atomic E-state index is 13.4. The standard InChI is InChI=1S/C65H113NO10/c1-4-7-10-13-16-19-22-25-27-28-29-30-31-32-34-37-40-43-46-49-52-58(69)64(73)66-56(57(68)51-48-45-42-39-36-33-24-21-18-15-12-9-6-3)55-74-65-63(62(72)61(71)59(54-67)75-65)76-60(70)53-50-47-44-41-38-35-26-23-20-17-14-11-8-5-2/h8,11,16-17,19-20,25,27,29-30,32,34,48,51,56-59,61-63,65,67-69,71-72H,4-7,9-10,12-15,18,21-24,26,28,31,33,35-47,49-50,52-55H2,1-3H3,(H,66,73)/b11-8+,19-16-,20-17+,27-25-,30-29-,34-32-,51-48+. The molecule has 1 amide bonds. The van der Waals surface area contributed by atoms with Gasteiger partial charge in [-0.3, -0.25) is 9.59 Å². The molecule has 0 aliphatic carbocycles. The van der Waals surface area contributed by atoms with Gasteiger partial charge in [0, 0.05) is 6.42 Å². The summed E-state index contributed by atoms with van der Waals surface area (Å²) in [5.41, 5.74) is 0. The molecule has 1 saturated heterocycles. The minimum Gasteiger partial charge on any atom is -0.454 e. The highest BCUT2D eigenvalue weighted by Gasteiger charge is 2.47. The van der Waals surface area contributed by atoms with Crippen LogP contribution in [0.1, 0.15) is 252 Å². The SMILES string of the molecule is CC/C=C/C/C=C/CCCCCCCCCC(=O)OC1C(OCC(NC(=O)C(O)CCCCCC/C=C\C/C=C\C/C=C\C/C=C\CCCCC)C(O)/C=C/CCCCCCCCCCCCC)OC(CO)C(O)C1O. The van der Waals surface area contributed by atoms with E-state index >= 15 is 0 Å². The molecule has 0 spiro atoms. The van der Waals surface area contributed by atoms with Crippen LogP contribution in [0, 0.1) is 0 Å². The second-order valence-corrected chi connectivity index (χ2v) is 21.0. The molecule has 0 aromatic heterocycles. The van der Waals surface area contributed by atoms with Gasteiger partial charge in [0.05, 0.1) is 25.4 Å². The number of hydrogen-bond acceptors (Lipinski definition) is 10. The Labute approximate surface area is 463 Å². The summed E-state index contributed by atoms with van der Waals surface area (Å²) >= 11 is 0. The van der Waals surface area contributed by atoms with Gasteiger partial charge < -0.3 is 45.1 Å². The van der Waals surface area contributed by atoms with Gasteiger partial charge in [0.15, 0.2) is 12.4 Å². The molecule has 1 heterocycles. The number of carbonyl (C=O) groups excluding carboxylic acids is 2. The van der Waals surface area contributed by atoms with Crippen LogP contribution in [0.4, 0.5) is 0 Å². The highest BCUT2D eigenvalue weighted by molar-refractivity contribution is 5.80. The zero-order valence-corrected chi connectivity index (χ0v) is 48.3. The third kappa shape index (κ3) is 40.1. The first kappa shape index (κ1) is 70.9. The molecule has 1 aliphatic rings. The van der Waals surface area contributed by atoms with E-state index in [0.29, 0.717) is 12.8 Å². The number of amides is 1. The number of rotatable bonds is 51. The fraction of sp³-hybridized carbons (Fsp3) is 0.754. The fourth-order valence-electron chi connectivity index (χ4n) is 9.14. The maximum absolute atomic E-state index is 13.4. The lowest BCUT2D eigenvalue weighted by atomic mass is 9.99. The molecule has 1 rings (SSSR count). The highest BCUT2D eigenvalue weighted by Crippen LogP contribution is 2.26. The van der Waals surface area contributed by atoms with Crippen molar-refractivity contribution in [3.63, 3.8) is 0 Å². The van der Waals surface area contributed by atoms with Gasteiger partial charge in [-0.15, -0.1) is 0 Å². The quantitative estimate of drug-likeness (QED) is 0.0195. The molecule has 6 N–H and O–H groups in total. The zero-order valence-electron chi connectivity index (χ0n) is 48.3. The third-order valence-electron chi connectivity index (χ3n) is 14.0. The van der Waals surface area contributed by atoms with Crippen LogP contribution in [0.2, 0.25) is 0 Å². The van der Waals surface area contributed by atoms with E-state index in [9.17, 15) is 35.1 Å². The van der Waals surface area contributed by atoms with Crippen LogP contribution in [0.5, 0.6) is 0 Å². The second-order valence-electron chi connectivity index (χ2n) is 21.0. The fourth-order valence-corrected chi connectivity index (χ4v) is 9.14. The van der Waals surface area contributed by atoms with Crippen molar-refractivity contribution in [1.82, 2.24) is 5.32 Å². The molecule has 8 atom stereocenters. The minimum atomic E-state index is -1.62. The first-order chi connectivity index (χ1) is 37.2. The van der Waals surface area contributed by atoms with Gasteiger partial charge >= 0.3 is 5.97 Å². The van der Waals surface area contributed by atoms with Gasteiger partial charge in [-0.2, -0.15) is 0 Å².